The molecule has 0 spiro atoms. The van der Waals surface area contributed by atoms with Gasteiger partial charge in [-0.15, -0.1) is 0 Å². The van der Waals surface area contributed by atoms with Gasteiger partial charge in [0, 0.05) is 42.7 Å². The van der Waals surface area contributed by atoms with Crippen molar-refractivity contribution in [3.8, 4) is 0 Å². The smallest absolute Gasteiger partial charge is 0.241 e. The third-order valence-electron chi connectivity index (χ3n) is 11.6. The first-order chi connectivity index (χ1) is 28.4. The number of aliphatic hydroxyl groups excluding tert-OH is 1. The Balaban J connectivity index is 1.03. The molecule has 12 heteroatoms. The number of aryl methyl sites for hydroxylation is 1. The molecule has 2 aliphatic heterocycles. The highest BCUT2D eigenvalue weighted by Gasteiger charge is 2.41. The zero-order valence-corrected chi connectivity index (χ0v) is 34.9. The van der Waals surface area contributed by atoms with E-state index in [4.69, 9.17) is 21.1 Å². The Hall–Kier alpha value is -4.43. The number of halogens is 1. The molecule has 0 unspecified atom stereocenters. The maximum absolute atomic E-state index is 13.6. The van der Waals surface area contributed by atoms with Gasteiger partial charge in [0.2, 0.25) is 15.9 Å². The van der Waals surface area contributed by atoms with Crippen molar-refractivity contribution < 1.29 is 32.9 Å². The summed E-state index contributed by atoms with van der Waals surface area (Å²) in [7, 11) is -3.97. The SMILES string of the molecule is Cc1ccc(S(=O)(=O)N[C@H](Cc2ccccc2)C(=O)NCc2ccc([C@H]3O[C@@H](CN4CCC(O)(c5ccc(Cl)cc5)CC4)[C@@H](C)[C@@H](c4ccc(CO)cc4)O3)cc2)cc1. The maximum atomic E-state index is 13.6. The minimum absolute atomic E-state index is 0.00921. The third kappa shape index (κ3) is 10.7. The molecule has 2 fully saturated rings. The van der Waals surface area contributed by atoms with Crippen molar-refractivity contribution in [1.29, 1.82) is 0 Å². The van der Waals surface area contributed by atoms with Crippen LogP contribution in [0.5, 0.6) is 0 Å². The molecule has 59 heavy (non-hydrogen) atoms. The number of nitrogens with zero attached hydrogens (tertiary/aromatic N) is 1. The van der Waals surface area contributed by atoms with Crippen molar-refractivity contribution >= 4 is 27.5 Å². The first kappa shape index (κ1) is 42.7. The highest BCUT2D eigenvalue weighted by Crippen LogP contribution is 2.42. The van der Waals surface area contributed by atoms with Crippen molar-refractivity contribution in [1.82, 2.24) is 14.9 Å². The summed E-state index contributed by atoms with van der Waals surface area (Å²) in [4.78, 5) is 16.1. The van der Waals surface area contributed by atoms with Crippen LogP contribution in [0.3, 0.4) is 0 Å². The molecular formula is C47H52ClN3O7S. The van der Waals surface area contributed by atoms with Gasteiger partial charge in [-0.2, -0.15) is 4.72 Å². The van der Waals surface area contributed by atoms with Crippen LogP contribution in [-0.2, 0) is 49.5 Å². The van der Waals surface area contributed by atoms with Crippen LogP contribution in [0.1, 0.15) is 71.1 Å². The minimum atomic E-state index is -3.97. The molecule has 4 N–H and O–H groups in total. The molecule has 5 atom stereocenters. The van der Waals surface area contributed by atoms with E-state index >= 15 is 0 Å². The zero-order valence-electron chi connectivity index (χ0n) is 33.3. The summed E-state index contributed by atoms with van der Waals surface area (Å²) in [5.41, 5.74) is 5.17. The molecule has 0 radical (unpaired) electrons. The maximum Gasteiger partial charge on any atom is 0.241 e. The molecule has 310 valence electrons. The molecule has 0 aliphatic carbocycles. The molecule has 1 amide bonds. The number of sulfonamides is 1. The van der Waals surface area contributed by atoms with Crippen LogP contribution in [0.2, 0.25) is 5.02 Å². The van der Waals surface area contributed by atoms with Gasteiger partial charge in [-0.25, -0.2) is 8.42 Å². The second-order valence-electron chi connectivity index (χ2n) is 15.8. The first-order valence-corrected chi connectivity index (χ1v) is 22.0. The van der Waals surface area contributed by atoms with Gasteiger partial charge in [-0.3, -0.25) is 4.79 Å². The number of nitrogens with one attached hydrogen (secondary N) is 2. The van der Waals surface area contributed by atoms with Gasteiger partial charge in [0.25, 0.3) is 0 Å². The number of amides is 1. The Morgan fingerprint density at radius 1 is 0.831 bits per heavy atom. The summed E-state index contributed by atoms with van der Waals surface area (Å²) in [6.07, 6.45) is 0.201. The standard InChI is InChI=1S/C47H52ClN3O7S/c1-32-8-22-41(23-9-32)59(55,56)50-42(28-34-6-4-3-5-7-34)45(53)49-29-35-10-16-38(17-11-35)46-57-43(33(2)44(58-46)37-14-12-36(31-52)13-15-37)30-51-26-24-47(54,25-27-51)39-18-20-40(48)21-19-39/h3-23,33,42-44,46,50,52,54H,24-31H2,1-2H3,(H,49,53)/t33-,42-,43+,44+,46+/m1/s1. The van der Waals surface area contributed by atoms with Gasteiger partial charge in [0.05, 0.1) is 29.3 Å². The molecule has 2 saturated heterocycles. The van der Waals surface area contributed by atoms with Crippen molar-refractivity contribution in [2.45, 2.75) is 81.3 Å². The molecule has 0 saturated carbocycles. The van der Waals surface area contributed by atoms with E-state index in [-0.39, 0.29) is 42.6 Å². The quantitative estimate of drug-likeness (QED) is 0.0929. The predicted molar refractivity (Wildman–Crippen MR) is 228 cm³/mol. The van der Waals surface area contributed by atoms with Gasteiger partial charge in [0.15, 0.2) is 6.29 Å². The molecule has 5 aromatic carbocycles. The molecule has 0 aromatic heterocycles. The number of carbonyl (C=O) groups excluding carboxylic acids is 1. The zero-order chi connectivity index (χ0) is 41.6. The summed E-state index contributed by atoms with van der Waals surface area (Å²) >= 11 is 6.11. The number of rotatable bonds is 14. The fourth-order valence-corrected chi connectivity index (χ4v) is 9.17. The van der Waals surface area contributed by atoms with E-state index in [1.165, 1.54) is 12.1 Å². The Kier molecular flexibility index (Phi) is 13.7. The minimum Gasteiger partial charge on any atom is -0.392 e. The van der Waals surface area contributed by atoms with Crippen LogP contribution in [0.4, 0.5) is 0 Å². The van der Waals surface area contributed by atoms with E-state index in [1.807, 2.05) is 110 Å². The van der Waals surface area contributed by atoms with E-state index in [0.29, 0.717) is 37.5 Å². The van der Waals surface area contributed by atoms with Crippen LogP contribution in [0, 0.1) is 12.8 Å². The number of likely N-dealkylation sites (tertiary alicyclic amines) is 1. The van der Waals surface area contributed by atoms with Gasteiger partial charge in [-0.05, 0) is 78.3 Å². The molecule has 0 bridgehead atoms. The molecular weight excluding hydrogens is 786 g/mol. The highest BCUT2D eigenvalue weighted by atomic mass is 35.5. The molecule has 2 heterocycles. The summed E-state index contributed by atoms with van der Waals surface area (Å²) in [6, 6.07) is 37.7. The number of hydrogen-bond acceptors (Lipinski definition) is 8. The number of aliphatic hydroxyl groups is 2. The number of benzene rings is 5. The van der Waals surface area contributed by atoms with Gasteiger partial charge in [-0.1, -0.05) is 127 Å². The van der Waals surface area contributed by atoms with Crippen molar-refractivity contribution in [2.75, 3.05) is 19.6 Å². The second kappa shape index (κ2) is 18.9. The van der Waals surface area contributed by atoms with E-state index in [1.54, 1.807) is 12.1 Å². The van der Waals surface area contributed by atoms with Crippen molar-refractivity contribution in [3.63, 3.8) is 0 Å². The Morgan fingerprint density at radius 2 is 1.46 bits per heavy atom. The Labute approximate surface area is 352 Å². The fraction of sp³-hybridized carbons (Fsp3) is 0.340. The van der Waals surface area contributed by atoms with Crippen LogP contribution in [-0.4, -0.2) is 61.2 Å². The van der Waals surface area contributed by atoms with E-state index in [2.05, 4.69) is 21.9 Å². The highest BCUT2D eigenvalue weighted by molar-refractivity contribution is 7.89. The molecule has 2 aliphatic rings. The van der Waals surface area contributed by atoms with E-state index in [0.717, 1.165) is 38.9 Å². The summed E-state index contributed by atoms with van der Waals surface area (Å²) in [5, 5.41) is 24.8. The summed E-state index contributed by atoms with van der Waals surface area (Å²) in [6.45, 7) is 6.21. The lowest BCUT2D eigenvalue weighted by molar-refractivity contribution is -0.277. The normalized spacial score (nSPS) is 21.4. The third-order valence-corrected chi connectivity index (χ3v) is 13.3. The lowest BCUT2D eigenvalue weighted by Gasteiger charge is -2.45. The fourth-order valence-electron chi connectivity index (χ4n) is 7.85. The monoisotopic (exact) mass is 837 g/mol. The largest absolute Gasteiger partial charge is 0.392 e. The number of piperidine rings is 1. The molecule has 10 nitrogen and oxygen atoms in total. The van der Waals surface area contributed by atoms with Crippen LogP contribution < -0.4 is 10.0 Å². The van der Waals surface area contributed by atoms with Crippen LogP contribution in [0.15, 0.2) is 132 Å². The topological polar surface area (TPSA) is 137 Å². The second-order valence-corrected chi connectivity index (χ2v) is 17.9. The van der Waals surface area contributed by atoms with Crippen LogP contribution in [0.25, 0.3) is 0 Å². The first-order valence-electron chi connectivity index (χ1n) is 20.1. The number of carbonyl (C=O) groups is 1. The predicted octanol–water partition coefficient (Wildman–Crippen LogP) is 7.12. The van der Waals surface area contributed by atoms with E-state index in [9.17, 15) is 23.4 Å². The van der Waals surface area contributed by atoms with Crippen molar-refractivity contribution in [3.05, 3.63) is 171 Å². The Bertz CT molecular complexity index is 2250. The molecule has 7 rings (SSSR count). The lowest BCUT2D eigenvalue weighted by atomic mass is 9.84. The van der Waals surface area contributed by atoms with Gasteiger partial charge in [0.1, 0.15) is 6.04 Å². The lowest BCUT2D eigenvalue weighted by Crippen LogP contribution is -2.49. The summed E-state index contributed by atoms with van der Waals surface area (Å²) < 4.78 is 42.8. The molecule has 5 aromatic rings. The Morgan fingerprint density at radius 3 is 2.10 bits per heavy atom. The average molecular weight is 838 g/mol. The van der Waals surface area contributed by atoms with Crippen molar-refractivity contribution in [2.24, 2.45) is 5.92 Å². The van der Waals surface area contributed by atoms with Crippen LogP contribution >= 0.6 is 11.6 Å². The number of ether oxygens (including phenoxy) is 2. The van der Waals surface area contributed by atoms with Gasteiger partial charge < -0.3 is 29.9 Å². The van der Waals surface area contributed by atoms with Gasteiger partial charge >= 0.3 is 0 Å². The summed E-state index contributed by atoms with van der Waals surface area (Å²) in [5.74, 6) is -0.450. The average Bonchev–Trinajstić information content (AvgIpc) is 3.25. The number of hydrogen-bond donors (Lipinski definition) is 4. The van der Waals surface area contributed by atoms with E-state index < -0.39 is 33.9 Å².